The summed E-state index contributed by atoms with van der Waals surface area (Å²) in [5, 5.41) is 11.4. The zero-order chi connectivity index (χ0) is 13.8. The van der Waals surface area contributed by atoms with Crippen molar-refractivity contribution in [3.63, 3.8) is 0 Å². The fourth-order valence-electron chi connectivity index (χ4n) is 1.61. The van der Waals surface area contributed by atoms with Gasteiger partial charge in [-0.3, -0.25) is 9.59 Å². The van der Waals surface area contributed by atoms with E-state index >= 15 is 0 Å². The lowest BCUT2D eigenvalue weighted by atomic mass is 10.0. The quantitative estimate of drug-likeness (QED) is 0.517. The van der Waals surface area contributed by atoms with Gasteiger partial charge < -0.3 is 20.9 Å². The van der Waals surface area contributed by atoms with Crippen LogP contribution < -0.4 is 11.1 Å². The van der Waals surface area contributed by atoms with Gasteiger partial charge in [-0.2, -0.15) is 0 Å². The molecule has 7 heteroatoms. The first-order valence-corrected chi connectivity index (χ1v) is 5.76. The van der Waals surface area contributed by atoms with Crippen LogP contribution in [0.25, 0.3) is 0 Å². The molecule has 1 rings (SSSR count). The van der Waals surface area contributed by atoms with E-state index in [2.05, 4.69) is 10.1 Å². The van der Waals surface area contributed by atoms with Gasteiger partial charge in [-0.05, 0) is 19.3 Å². The van der Waals surface area contributed by atoms with Gasteiger partial charge in [0.15, 0.2) is 0 Å². The van der Waals surface area contributed by atoms with Crippen molar-refractivity contribution in [2.75, 3.05) is 13.7 Å². The number of methoxy groups -OCH3 is 1. The van der Waals surface area contributed by atoms with Gasteiger partial charge in [-0.1, -0.05) is 0 Å². The molecule has 1 saturated carbocycles. The van der Waals surface area contributed by atoms with Gasteiger partial charge in [-0.15, -0.1) is 0 Å². The number of rotatable bonds is 7. The Morgan fingerprint density at radius 3 is 2.44 bits per heavy atom. The van der Waals surface area contributed by atoms with E-state index < -0.39 is 23.4 Å². The Labute approximate surface area is 105 Å². The summed E-state index contributed by atoms with van der Waals surface area (Å²) in [7, 11) is 1.23. The Morgan fingerprint density at radius 2 is 2.06 bits per heavy atom. The number of hydrogen-bond acceptors (Lipinski definition) is 5. The number of nitrogens with one attached hydrogen (secondary N) is 1. The average Bonchev–Trinajstić information content (AvgIpc) is 3.14. The SMILES string of the molecule is COC(=O)CCC(NC(=O)C1(CN)CC1)C(=O)O. The fraction of sp³-hybridized carbons (Fsp3) is 0.727. The van der Waals surface area contributed by atoms with Gasteiger partial charge in [0, 0.05) is 13.0 Å². The molecule has 4 N–H and O–H groups in total. The van der Waals surface area contributed by atoms with Crippen LogP contribution in [0, 0.1) is 5.41 Å². The van der Waals surface area contributed by atoms with Gasteiger partial charge in [0.2, 0.25) is 5.91 Å². The van der Waals surface area contributed by atoms with Crippen LogP contribution in [0.5, 0.6) is 0 Å². The third-order valence-electron chi connectivity index (χ3n) is 3.19. The van der Waals surface area contributed by atoms with E-state index in [9.17, 15) is 14.4 Å². The van der Waals surface area contributed by atoms with Gasteiger partial charge >= 0.3 is 11.9 Å². The van der Waals surface area contributed by atoms with Crippen molar-refractivity contribution in [1.82, 2.24) is 5.32 Å². The van der Waals surface area contributed by atoms with Crippen molar-refractivity contribution < 1.29 is 24.2 Å². The van der Waals surface area contributed by atoms with Crippen LogP contribution >= 0.6 is 0 Å². The first kappa shape index (κ1) is 14.4. The summed E-state index contributed by atoms with van der Waals surface area (Å²) in [6.45, 7) is 0.210. The molecule has 1 fully saturated rings. The van der Waals surface area contributed by atoms with Crippen molar-refractivity contribution >= 4 is 17.8 Å². The number of aliphatic carboxylic acids is 1. The zero-order valence-electron chi connectivity index (χ0n) is 10.3. The molecule has 0 spiro atoms. The van der Waals surface area contributed by atoms with Crippen LogP contribution in [0.4, 0.5) is 0 Å². The molecule has 0 aromatic carbocycles. The number of ether oxygens (including phenoxy) is 1. The highest BCUT2D eigenvalue weighted by molar-refractivity contribution is 5.89. The normalized spacial score (nSPS) is 17.7. The lowest BCUT2D eigenvalue weighted by Crippen LogP contribution is -2.46. The molecule has 0 aromatic rings. The summed E-state index contributed by atoms with van der Waals surface area (Å²) < 4.78 is 4.42. The molecule has 1 aliphatic carbocycles. The van der Waals surface area contributed by atoms with Crippen molar-refractivity contribution in [3.05, 3.63) is 0 Å². The Hall–Kier alpha value is -1.63. The highest BCUT2D eigenvalue weighted by Gasteiger charge is 2.49. The number of hydrogen-bond donors (Lipinski definition) is 3. The predicted octanol–water partition coefficient (Wildman–Crippen LogP) is -0.752. The predicted molar refractivity (Wildman–Crippen MR) is 61.5 cm³/mol. The van der Waals surface area contributed by atoms with Gasteiger partial charge in [-0.25, -0.2) is 4.79 Å². The minimum absolute atomic E-state index is 0.00833. The molecule has 1 atom stereocenters. The van der Waals surface area contributed by atoms with E-state index in [0.717, 1.165) is 0 Å². The van der Waals surface area contributed by atoms with Crippen molar-refractivity contribution in [3.8, 4) is 0 Å². The summed E-state index contributed by atoms with van der Waals surface area (Å²) in [5.74, 6) is -2.02. The first-order valence-electron chi connectivity index (χ1n) is 5.76. The Kier molecular flexibility index (Phi) is 4.66. The van der Waals surface area contributed by atoms with E-state index in [-0.39, 0.29) is 25.3 Å². The van der Waals surface area contributed by atoms with Gasteiger partial charge in [0.1, 0.15) is 6.04 Å². The number of carboxylic acid groups (broad SMARTS) is 1. The summed E-state index contributed by atoms with van der Waals surface area (Å²) >= 11 is 0. The minimum Gasteiger partial charge on any atom is -0.480 e. The molecule has 0 radical (unpaired) electrons. The van der Waals surface area contributed by atoms with E-state index in [4.69, 9.17) is 10.8 Å². The van der Waals surface area contributed by atoms with Crippen LogP contribution in [-0.2, 0) is 19.1 Å². The maximum atomic E-state index is 11.8. The number of amides is 1. The number of esters is 1. The van der Waals surface area contributed by atoms with Crippen molar-refractivity contribution in [2.45, 2.75) is 31.7 Å². The Balaban J connectivity index is 2.50. The van der Waals surface area contributed by atoms with E-state index in [1.807, 2.05) is 0 Å². The van der Waals surface area contributed by atoms with Gasteiger partial charge in [0.05, 0.1) is 12.5 Å². The Morgan fingerprint density at radius 1 is 1.44 bits per heavy atom. The highest BCUT2D eigenvalue weighted by Crippen LogP contribution is 2.44. The van der Waals surface area contributed by atoms with Crippen LogP contribution in [0.2, 0.25) is 0 Å². The second-order valence-electron chi connectivity index (χ2n) is 4.46. The maximum Gasteiger partial charge on any atom is 0.326 e. The third kappa shape index (κ3) is 3.43. The molecule has 102 valence electrons. The average molecular weight is 258 g/mol. The summed E-state index contributed by atoms with van der Waals surface area (Å²) in [6, 6.07) is -1.08. The minimum atomic E-state index is -1.17. The second-order valence-corrected chi connectivity index (χ2v) is 4.46. The van der Waals surface area contributed by atoms with Crippen LogP contribution in [0.3, 0.4) is 0 Å². The fourth-order valence-corrected chi connectivity index (χ4v) is 1.61. The zero-order valence-corrected chi connectivity index (χ0v) is 10.3. The van der Waals surface area contributed by atoms with Crippen molar-refractivity contribution in [2.24, 2.45) is 11.1 Å². The summed E-state index contributed by atoms with van der Waals surface area (Å²) in [6.07, 6.45) is 1.31. The molecule has 0 heterocycles. The molecular formula is C11H18N2O5. The smallest absolute Gasteiger partial charge is 0.326 e. The van der Waals surface area contributed by atoms with Gasteiger partial charge in [0.25, 0.3) is 0 Å². The van der Waals surface area contributed by atoms with E-state index in [0.29, 0.717) is 12.8 Å². The lowest BCUT2D eigenvalue weighted by molar-refractivity contribution is -0.144. The molecule has 0 bridgehead atoms. The molecule has 1 unspecified atom stereocenters. The van der Waals surface area contributed by atoms with Crippen molar-refractivity contribution in [1.29, 1.82) is 0 Å². The molecule has 18 heavy (non-hydrogen) atoms. The van der Waals surface area contributed by atoms with E-state index in [1.54, 1.807) is 0 Å². The molecule has 1 amide bonds. The lowest BCUT2D eigenvalue weighted by Gasteiger charge is -2.18. The standard InChI is InChI=1S/C11H18N2O5/c1-18-8(14)3-2-7(9(15)16)13-10(17)11(6-12)4-5-11/h7H,2-6,12H2,1H3,(H,13,17)(H,15,16). The monoisotopic (exact) mass is 258 g/mol. The van der Waals surface area contributed by atoms with E-state index in [1.165, 1.54) is 7.11 Å². The summed E-state index contributed by atoms with van der Waals surface area (Å²) in [4.78, 5) is 33.7. The summed E-state index contributed by atoms with van der Waals surface area (Å²) in [5.41, 5.74) is 4.88. The number of carbonyl (C=O) groups excluding carboxylic acids is 2. The first-order chi connectivity index (χ1) is 8.45. The number of nitrogens with two attached hydrogens (primary N) is 1. The molecule has 0 saturated heterocycles. The van der Waals surface area contributed by atoms with Crippen LogP contribution in [0.1, 0.15) is 25.7 Å². The molecular weight excluding hydrogens is 240 g/mol. The molecule has 0 aromatic heterocycles. The van der Waals surface area contributed by atoms with Crippen LogP contribution in [-0.4, -0.2) is 42.6 Å². The number of carbonyl (C=O) groups is 3. The Bertz CT molecular complexity index is 351. The molecule has 7 nitrogen and oxygen atoms in total. The maximum absolute atomic E-state index is 11.8. The third-order valence-corrected chi connectivity index (χ3v) is 3.19. The molecule has 1 aliphatic rings. The largest absolute Gasteiger partial charge is 0.480 e. The molecule has 0 aliphatic heterocycles. The number of carboxylic acids is 1. The highest BCUT2D eigenvalue weighted by atomic mass is 16.5. The topological polar surface area (TPSA) is 119 Å². The second kappa shape index (κ2) is 5.81. The van der Waals surface area contributed by atoms with Crippen LogP contribution in [0.15, 0.2) is 0 Å².